The van der Waals surface area contributed by atoms with Crippen LogP contribution in [-0.4, -0.2) is 73.7 Å². The summed E-state index contributed by atoms with van der Waals surface area (Å²) in [5.74, 6) is -1.79. The van der Waals surface area contributed by atoms with Gasteiger partial charge in [-0.05, 0) is 12.0 Å². The maximum Gasteiger partial charge on any atom is 1.00 e. The number of carbonyl (C=O) groups excluding carboxylic acids is 2. The number of nitrogens with one attached hydrogen (secondary N) is 2. The molecule has 1 unspecified atom stereocenters. The van der Waals surface area contributed by atoms with Gasteiger partial charge in [0.15, 0.2) is 4.34 Å². The minimum atomic E-state index is -4.37. The predicted molar refractivity (Wildman–Crippen MR) is 117 cm³/mol. The number of thioether (sulfide) groups is 2. The second kappa shape index (κ2) is 13.9. The zero-order valence-electron chi connectivity index (χ0n) is 18.0. The zero-order valence-corrected chi connectivity index (χ0v) is 26.1. The number of carbonyl (C=O) groups is 2. The van der Waals surface area contributed by atoms with E-state index in [2.05, 4.69) is 20.8 Å². The van der Waals surface area contributed by atoms with Gasteiger partial charge in [-0.2, -0.15) is 0 Å². The summed E-state index contributed by atoms with van der Waals surface area (Å²) >= 11 is 9.02. The van der Waals surface area contributed by atoms with Crippen LogP contribution in [0.4, 0.5) is 0 Å². The number of carboxylic acids is 1. The number of fused-ring (bicyclic) bond motifs is 1. The first-order valence-electron chi connectivity index (χ1n) is 8.87. The molecule has 0 aliphatic carbocycles. The first-order chi connectivity index (χ1) is 14.6. The number of hydrogen-bond donors (Lipinski definition) is 2. The van der Waals surface area contributed by atoms with Crippen molar-refractivity contribution in [3.8, 4) is 0 Å². The summed E-state index contributed by atoms with van der Waals surface area (Å²) in [5.41, 5.74) is 0.428. The molecule has 2 aliphatic heterocycles. The molecule has 11 nitrogen and oxygen atoms in total. The van der Waals surface area contributed by atoms with E-state index in [9.17, 15) is 27.7 Å². The van der Waals surface area contributed by atoms with E-state index in [1.807, 2.05) is 6.92 Å². The molecule has 2 atom stereocenters. The molecule has 0 aromatic carbocycles. The Morgan fingerprint density at radius 3 is 2.67 bits per heavy atom. The minimum Gasteiger partial charge on any atom is -0.747 e. The molecule has 3 heterocycles. The van der Waals surface area contributed by atoms with Gasteiger partial charge in [0.05, 0.1) is 29.1 Å². The minimum absolute atomic E-state index is 0. The second-order valence-corrected chi connectivity index (χ2v) is 11.7. The summed E-state index contributed by atoms with van der Waals surface area (Å²) < 4.78 is 32.4. The third-order valence-corrected chi connectivity index (χ3v) is 8.70. The SMILES string of the molecule is CCC(=S)NC1C(=O)N2C(C(=O)[O-])=C(CSc3nnc(CNCS(=O)(=O)[O-])s3)CS[C@@H]12.[Na+].[Na+]. The Labute approximate surface area is 253 Å². The van der Waals surface area contributed by atoms with Gasteiger partial charge < -0.3 is 19.8 Å². The molecule has 1 fully saturated rings. The van der Waals surface area contributed by atoms with Gasteiger partial charge in [0.25, 0.3) is 5.91 Å². The molecule has 1 aromatic heterocycles. The van der Waals surface area contributed by atoms with Crippen molar-refractivity contribution in [3.05, 3.63) is 16.3 Å². The average Bonchev–Trinajstić information content (AvgIpc) is 3.15. The second-order valence-electron chi connectivity index (χ2n) is 6.43. The molecular formula is C15H17N5Na2O6S5. The fraction of sp³-hybridized carbons (Fsp3) is 0.533. The molecule has 0 radical (unpaired) electrons. The number of amides is 1. The summed E-state index contributed by atoms with van der Waals surface area (Å²) in [5, 5.41) is 25.2. The monoisotopic (exact) mass is 569 g/mol. The van der Waals surface area contributed by atoms with E-state index < -0.39 is 28.0 Å². The van der Waals surface area contributed by atoms with Crippen molar-refractivity contribution in [2.75, 3.05) is 17.4 Å². The molecule has 2 aliphatic rings. The zero-order chi connectivity index (χ0) is 22.8. The van der Waals surface area contributed by atoms with E-state index in [4.69, 9.17) is 12.2 Å². The number of thiocarbonyl (C=S) groups is 1. The maximum atomic E-state index is 12.5. The number of hydrogen-bond acceptors (Lipinski definition) is 13. The number of aromatic nitrogens is 2. The molecule has 1 amide bonds. The quantitative estimate of drug-likeness (QED) is 0.0898. The van der Waals surface area contributed by atoms with E-state index in [0.29, 0.717) is 32.1 Å². The third kappa shape index (κ3) is 8.36. The van der Waals surface area contributed by atoms with Crippen LogP contribution in [0.2, 0.25) is 0 Å². The van der Waals surface area contributed by atoms with E-state index in [1.165, 1.54) is 39.8 Å². The van der Waals surface area contributed by atoms with Gasteiger partial charge in [0, 0.05) is 11.5 Å². The molecule has 0 spiro atoms. The molecule has 2 N–H and O–H groups in total. The van der Waals surface area contributed by atoms with Crippen LogP contribution in [0.15, 0.2) is 15.6 Å². The van der Waals surface area contributed by atoms with Crippen molar-refractivity contribution in [2.24, 2.45) is 0 Å². The van der Waals surface area contributed by atoms with Gasteiger partial charge in [-0.15, -0.1) is 22.0 Å². The fourth-order valence-electron chi connectivity index (χ4n) is 2.86. The molecule has 1 saturated heterocycles. The van der Waals surface area contributed by atoms with Gasteiger partial charge in [-0.1, -0.05) is 42.2 Å². The standard InChI is InChI=1S/C15H19N5O6S5.2Na/c1-2-8(27)17-10-12(21)20-11(14(22)23)7(4-28-13(10)20)5-29-15-19-18-9(30-15)3-16-6-31(24,25)26;;/h10,13,16H,2-6H2,1H3,(H,17,27)(H,22,23)(H,24,25,26);;/q;2*+1/p-2/t10?,13-;;/m0../s1. The molecule has 0 saturated carbocycles. The largest absolute Gasteiger partial charge is 1.00 e. The van der Waals surface area contributed by atoms with E-state index in [-0.39, 0.29) is 88.4 Å². The van der Waals surface area contributed by atoms with Crippen molar-refractivity contribution >= 4 is 74.1 Å². The van der Waals surface area contributed by atoms with Gasteiger partial charge in [-0.25, -0.2) is 8.42 Å². The third-order valence-electron chi connectivity index (χ3n) is 4.25. The van der Waals surface area contributed by atoms with E-state index in [1.54, 1.807) is 0 Å². The van der Waals surface area contributed by atoms with Crippen LogP contribution in [-0.2, 0) is 26.3 Å². The van der Waals surface area contributed by atoms with Crippen LogP contribution in [0.1, 0.15) is 18.4 Å². The van der Waals surface area contributed by atoms with Gasteiger partial charge in [-0.3, -0.25) is 15.0 Å². The Kier molecular flexibility index (Phi) is 13.3. The van der Waals surface area contributed by atoms with E-state index >= 15 is 0 Å². The van der Waals surface area contributed by atoms with Crippen molar-refractivity contribution in [2.45, 2.75) is 35.6 Å². The van der Waals surface area contributed by atoms with Crippen molar-refractivity contribution < 1.29 is 86.8 Å². The topological polar surface area (TPSA) is 167 Å². The van der Waals surface area contributed by atoms with Crippen LogP contribution in [0.5, 0.6) is 0 Å². The van der Waals surface area contributed by atoms with Crippen molar-refractivity contribution in [1.29, 1.82) is 0 Å². The smallest absolute Gasteiger partial charge is 0.747 e. The molecule has 0 bridgehead atoms. The fourth-order valence-corrected chi connectivity index (χ4v) is 6.69. The molecule has 18 heteroatoms. The number of aliphatic carboxylic acids is 1. The van der Waals surface area contributed by atoms with Crippen LogP contribution in [0.3, 0.4) is 0 Å². The molecule has 33 heavy (non-hydrogen) atoms. The number of nitrogens with zero attached hydrogens (tertiary/aromatic N) is 3. The Bertz CT molecular complexity index is 1040. The summed E-state index contributed by atoms with van der Waals surface area (Å²) in [6.07, 6.45) is 0.591. The summed E-state index contributed by atoms with van der Waals surface area (Å²) in [6, 6.07) is -0.544. The van der Waals surface area contributed by atoms with Crippen LogP contribution >= 0.6 is 47.1 Å². The first-order valence-corrected chi connectivity index (χ1v) is 13.7. The Balaban J connectivity index is 0.00000272. The summed E-state index contributed by atoms with van der Waals surface area (Å²) in [7, 11) is -4.37. The van der Waals surface area contributed by atoms with Gasteiger partial charge in [0.1, 0.15) is 26.5 Å². The molecule has 1 aromatic rings. The summed E-state index contributed by atoms with van der Waals surface area (Å²) in [4.78, 5) is 26.1. The number of β-lactam (4-membered cyclic amide) rings is 1. The average molecular weight is 570 g/mol. The number of rotatable bonds is 10. The molecular weight excluding hydrogens is 553 g/mol. The van der Waals surface area contributed by atoms with Crippen LogP contribution in [0.25, 0.3) is 0 Å². The number of carboxylic acid groups (broad SMARTS) is 1. The Morgan fingerprint density at radius 2 is 2.06 bits per heavy atom. The summed E-state index contributed by atoms with van der Waals surface area (Å²) in [6.45, 7) is 1.94. The molecule has 170 valence electrons. The van der Waals surface area contributed by atoms with Gasteiger partial charge in [0.2, 0.25) is 0 Å². The van der Waals surface area contributed by atoms with Crippen LogP contribution < -0.4 is 74.9 Å². The normalized spacial score (nSPS) is 19.7. The van der Waals surface area contributed by atoms with Gasteiger partial charge >= 0.3 is 59.1 Å². The van der Waals surface area contributed by atoms with Crippen molar-refractivity contribution in [1.82, 2.24) is 25.7 Å². The predicted octanol–water partition coefficient (Wildman–Crippen LogP) is -7.15. The first kappa shape index (κ1) is 31.7. The Hall–Kier alpha value is 0.700. The van der Waals surface area contributed by atoms with E-state index in [0.717, 1.165) is 0 Å². The Morgan fingerprint density at radius 1 is 1.36 bits per heavy atom. The van der Waals surface area contributed by atoms with Crippen LogP contribution in [0, 0.1) is 0 Å². The van der Waals surface area contributed by atoms with Crippen molar-refractivity contribution in [3.63, 3.8) is 0 Å². The molecule has 3 rings (SSSR count). The maximum absolute atomic E-state index is 12.5.